The molecule has 0 radical (unpaired) electrons. The molecule has 0 spiro atoms. The Morgan fingerprint density at radius 2 is 1.22 bits per heavy atom. The summed E-state index contributed by atoms with van der Waals surface area (Å²) in [6, 6.07) is 46.2. The highest BCUT2D eigenvalue weighted by atomic mass is 16.5. The average Bonchev–Trinajstić information content (AvgIpc) is 3.65. The third-order valence-electron chi connectivity index (χ3n) is 9.83. The number of nitrogens with zero attached hydrogens (tertiary/aromatic N) is 5. The van der Waals surface area contributed by atoms with E-state index in [1.165, 1.54) is 16.7 Å². The molecule has 2 aromatic heterocycles. The first-order chi connectivity index (χ1) is 26.1. The van der Waals surface area contributed by atoms with Crippen LogP contribution in [0.15, 0.2) is 146 Å². The lowest BCUT2D eigenvalue weighted by Crippen LogP contribution is -2.16. The van der Waals surface area contributed by atoms with Crippen LogP contribution in [0.4, 0.5) is 17.2 Å². The molecule has 7 aromatic rings. The van der Waals surface area contributed by atoms with Gasteiger partial charge in [0.2, 0.25) is 0 Å². The number of pyridine rings is 1. The maximum Gasteiger partial charge on any atom is 0.181 e. The first kappa shape index (κ1) is 37.3. The second kappa shape index (κ2) is 14.7. The van der Waals surface area contributed by atoms with Gasteiger partial charge in [0.15, 0.2) is 5.82 Å². The van der Waals surface area contributed by atoms with Gasteiger partial charge in [0.05, 0.1) is 11.4 Å². The topological polar surface area (TPSA) is 56.1 Å². The molecule has 2 heterocycles. The predicted octanol–water partition coefficient (Wildman–Crippen LogP) is 13.2. The quantitative estimate of drug-likeness (QED) is 0.156. The third-order valence-corrected chi connectivity index (χ3v) is 9.83. The molecule has 0 fully saturated rings. The van der Waals surface area contributed by atoms with Gasteiger partial charge in [-0.15, -0.1) is 5.10 Å². The van der Waals surface area contributed by atoms with Gasteiger partial charge in [0, 0.05) is 23.5 Å². The van der Waals surface area contributed by atoms with Crippen molar-refractivity contribution in [2.24, 2.45) is 0 Å². The van der Waals surface area contributed by atoms with Crippen molar-refractivity contribution < 1.29 is 4.74 Å². The van der Waals surface area contributed by atoms with Gasteiger partial charge in [0.1, 0.15) is 23.6 Å². The van der Waals surface area contributed by atoms with Crippen molar-refractivity contribution >= 4 is 17.2 Å². The van der Waals surface area contributed by atoms with Crippen molar-refractivity contribution in [1.29, 1.82) is 0 Å². The molecule has 278 valence electrons. The number of benzene rings is 5. The second-order valence-corrected chi connectivity index (χ2v) is 17.2. The molecule has 6 nitrogen and oxygen atoms in total. The monoisotopic (exact) mass is 725 g/mol. The van der Waals surface area contributed by atoms with Crippen molar-refractivity contribution in [2.75, 3.05) is 4.90 Å². The van der Waals surface area contributed by atoms with E-state index in [0.717, 1.165) is 45.3 Å². The van der Waals surface area contributed by atoms with Crippen molar-refractivity contribution in [3.05, 3.63) is 163 Å². The van der Waals surface area contributed by atoms with Gasteiger partial charge in [0.25, 0.3) is 0 Å². The molecular weight excluding hydrogens is 675 g/mol. The number of ether oxygens (including phenoxy) is 1. The normalized spacial score (nSPS) is 12.1. The lowest BCUT2D eigenvalue weighted by molar-refractivity contribution is 0.479. The zero-order valence-corrected chi connectivity index (χ0v) is 33.5. The summed E-state index contributed by atoms with van der Waals surface area (Å²) in [6.07, 6.45) is 3.70. The summed E-state index contributed by atoms with van der Waals surface area (Å²) in [7, 11) is 0. The molecule has 0 saturated carbocycles. The highest BCUT2D eigenvalue weighted by molar-refractivity contribution is 5.79. The Hall–Kier alpha value is -6.01. The molecule has 0 saturated heterocycles. The van der Waals surface area contributed by atoms with E-state index < -0.39 is 0 Å². The van der Waals surface area contributed by atoms with Gasteiger partial charge in [-0.3, -0.25) is 4.90 Å². The van der Waals surface area contributed by atoms with Crippen molar-refractivity contribution in [1.82, 2.24) is 19.7 Å². The van der Waals surface area contributed by atoms with E-state index in [-0.39, 0.29) is 16.2 Å². The zero-order valence-electron chi connectivity index (χ0n) is 33.5. The summed E-state index contributed by atoms with van der Waals surface area (Å²) in [5, 5.41) is 4.91. The van der Waals surface area contributed by atoms with E-state index in [9.17, 15) is 0 Å². The number of hydrogen-bond acceptors (Lipinski definition) is 5. The Morgan fingerprint density at radius 1 is 0.527 bits per heavy atom. The molecule has 0 bridgehead atoms. The molecule has 5 aromatic carbocycles. The van der Waals surface area contributed by atoms with Gasteiger partial charge < -0.3 is 4.74 Å². The van der Waals surface area contributed by atoms with Crippen molar-refractivity contribution in [3.8, 4) is 39.7 Å². The van der Waals surface area contributed by atoms with E-state index >= 15 is 0 Å². The number of aromatic nitrogens is 4. The lowest BCUT2D eigenvalue weighted by atomic mass is 9.82. The Labute approximate surface area is 326 Å². The maximum absolute atomic E-state index is 6.73. The molecule has 0 unspecified atom stereocenters. The Morgan fingerprint density at radius 3 is 1.95 bits per heavy atom. The van der Waals surface area contributed by atoms with Gasteiger partial charge in [-0.2, -0.15) is 0 Å². The molecule has 0 aliphatic rings. The van der Waals surface area contributed by atoms with Crippen LogP contribution in [0.3, 0.4) is 0 Å². The fraction of sp³-hybridized carbons (Fsp3) is 0.245. The van der Waals surface area contributed by atoms with Crippen LogP contribution in [-0.2, 0) is 16.2 Å². The fourth-order valence-corrected chi connectivity index (χ4v) is 6.95. The summed E-state index contributed by atoms with van der Waals surface area (Å²) >= 11 is 0. The lowest BCUT2D eigenvalue weighted by Gasteiger charge is -2.28. The number of hydrogen-bond donors (Lipinski definition) is 0. The maximum atomic E-state index is 6.73. The van der Waals surface area contributed by atoms with E-state index in [1.807, 2.05) is 47.3 Å². The minimum atomic E-state index is -0.153. The summed E-state index contributed by atoms with van der Waals surface area (Å²) in [5.74, 6) is 2.88. The molecular formula is C49H51N5O. The molecule has 0 atom stereocenters. The average molecular weight is 726 g/mol. The highest BCUT2D eigenvalue weighted by Gasteiger charge is 2.24. The van der Waals surface area contributed by atoms with E-state index in [1.54, 1.807) is 6.33 Å². The molecule has 0 amide bonds. The van der Waals surface area contributed by atoms with Crippen LogP contribution >= 0.6 is 0 Å². The Bertz CT molecular complexity index is 2430. The second-order valence-electron chi connectivity index (χ2n) is 17.2. The summed E-state index contributed by atoms with van der Waals surface area (Å²) in [4.78, 5) is 11.9. The van der Waals surface area contributed by atoms with Crippen LogP contribution in [0.5, 0.6) is 11.5 Å². The van der Waals surface area contributed by atoms with Crippen LogP contribution in [0.1, 0.15) is 79.0 Å². The van der Waals surface area contributed by atoms with Gasteiger partial charge in [-0.25, -0.2) is 14.6 Å². The van der Waals surface area contributed by atoms with Crippen LogP contribution in [0.25, 0.3) is 28.2 Å². The van der Waals surface area contributed by atoms with Crippen molar-refractivity contribution in [3.63, 3.8) is 0 Å². The SMILES string of the molecule is CC(C)(C)c1cc(Oc2cccc(-c3ncn(-c4ccccc4C(C)(C)C)n3)c2)cc(N(c2ccccc2)c2cc(-c3ccccc3C(C)(C)C)ccn2)c1. The molecule has 0 aliphatic carbocycles. The highest BCUT2D eigenvalue weighted by Crippen LogP contribution is 2.42. The van der Waals surface area contributed by atoms with Crippen LogP contribution in [-0.4, -0.2) is 19.7 Å². The van der Waals surface area contributed by atoms with Gasteiger partial charge in [-0.05, 0) is 98.7 Å². The molecule has 6 heteroatoms. The minimum absolute atomic E-state index is 0.0164. The summed E-state index contributed by atoms with van der Waals surface area (Å²) in [5.41, 5.74) is 9.62. The number of anilines is 3. The smallest absolute Gasteiger partial charge is 0.181 e. The van der Waals surface area contributed by atoms with Gasteiger partial charge >= 0.3 is 0 Å². The van der Waals surface area contributed by atoms with Crippen LogP contribution < -0.4 is 9.64 Å². The third kappa shape index (κ3) is 8.24. The molecule has 55 heavy (non-hydrogen) atoms. The van der Waals surface area contributed by atoms with Crippen LogP contribution in [0.2, 0.25) is 0 Å². The fourth-order valence-electron chi connectivity index (χ4n) is 6.95. The van der Waals surface area contributed by atoms with Gasteiger partial charge in [-0.1, -0.05) is 135 Å². The predicted molar refractivity (Wildman–Crippen MR) is 227 cm³/mol. The standard InChI is InChI=1S/C49H51N5O/c1-47(2,3)36-30-38(54(37-19-11-10-12-20-37)45-29-34(26-27-50-45)41-22-13-14-23-42(41)48(4,5)6)32-40(31-36)55-39-21-17-18-35(28-39)46-51-33-53(52-46)44-25-16-15-24-43(44)49(7,8)9/h10-33H,1-9H3. The van der Waals surface area contributed by atoms with E-state index in [0.29, 0.717) is 11.6 Å². The van der Waals surface area contributed by atoms with E-state index in [4.69, 9.17) is 19.8 Å². The largest absolute Gasteiger partial charge is 0.457 e. The molecule has 7 rings (SSSR count). The summed E-state index contributed by atoms with van der Waals surface area (Å²) < 4.78 is 8.60. The minimum Gasteiger partial charge on any atom is -0.457 e. The first-order valence-corrected chi connectivity index (χ1v) is 19.0. The van der Waals surface area contributed by atoms with E-state index in [2.05, 4.69) is 164 Å². The zero-order chi connectivity index (χ0) is 39.0. The number of para-hydroxylation sites is 2. The summed E-state index contributed by atoms with van der Waals surface area (Å²) in [6.45, 7) is 20.1. The number of rotatable bonds is 8. The first-order valence-electron chi connectivity index (χ1n) is 19.0. The molecule has 0 N–H and O–H groups in total. The van der Waals surface area contributed by atoms with Crippen molar-refractivity contribution in [2.45, 2.75) is 78.6 Å². The molecule has 0 aliphatic heterocycles. The Kier molecular flexibility index (Phi) is 9.95. The Balaban J connectivity index is 1.28. The van der Waals surface area contributed by atoms with Crippen LogP contribution in [0, 0.1) is 0 Å².